The number of nitrogens with two attached hydrogens (primary N) is 2. The molecular formula is C34H50N2O6. The van der Waals surface area contributed by atoms with Crippen LogP contribution >= 0.6 is 0 Å². The van der Waals surface area contributed by atoms with E-state index in [-0.39, 0.29) is 30.9 Å². The molecule has 0 saturated heterocycles. The molecular weight excluding hydrogens is 532 g/mol. The van der Waals surface area contributed by atoms with E-state index in [1.807, 2.05) is 0 Å². The van der Waals surface area contributed by atoms with Crippen molar-refractivity contribution >= 4 is 29.3 Å². The van der Waals surface area contributed by atoms with Crippen molar-refractivity contribution in [2.24, 2.45) is 0 Å². The number of anilines is 2. The Morgan fingerprint density at radius 2 is 0.952 bits per heavy atom. The van der Waals surface area contributed by atoms with Gasteiger partial charge in [0.2, 0.25) is 0 Å². The Kier molecular flexibility index (Phi) is 17.5. The summed E-state index contributed by atoms with van der Waals surface area (Å²) in [6, 6.07) is 13.4. The molecule has 0 unspecified atom stereocenters. The van der Waals surface area contributed by atoms with E-state index in [0.29, 0.717) is 29.3 Å². The van der Waals surface area contributed by atoms with E-state index in [1.54, 1.807) is 48.5 Å². The van der Waals surface area contributed by atoms with Crippen molar-refractivity contribution in [3.8, 4) is 11.5 Å². The zero-order chi connectivity index (χ0) is 30.4. The van der Waals surface area contributed by atoms with Crippen LogP contribution in [-0.4, -0.2) is 24.0 Å². The van der Waals surface area contributed by atoms with Crippen LogP contribution in [0.2, 0.25) is 0 Å². The van der Waals surface area contributed by atoms with Gasteiger partial charge in [-0.05, 0) is 80.6 Å². The zero-order valence-corrected chi connectivity index (χ0v) is 25.3. The molecule has 2 rings (SSSR count). The van der Waals surface area contributed by atoms with E-state index in [1.165, 1.54) is 6.42 Å². The predicted octanol–water partition coefficient (Wildman–Crippen LogP) is 7.93. The molecule has 1 atom stereocenters. The number of hydrogen-bond acceptors (Lipinski definition) is 8. The van der Waals surface area contributed by atoms with Gasteiger partial charge in [-0.3, -0.25) is 14.4 Å². The number of unbranched alkanes of at least 4 members (excludes halogenated alkanes) is 10. The van der Waals surface area contributed by atoms with Gasteiger partial charge in [-0.2, -0.15) is 0 Å². The minimum atomic E-state index is -0.464. The molecule has 4 N–H and O–H groups in total. The van der Waals surface area contributed by atoms with E-state index < -0.39 is 5.97 Å². The number of ether oxygens (including phenoxy) is 3. The van der Waals surface area contributed by atoms with Gasteiger partial charge < -0.3 is 25.7 Å². The molecule has 0 spiro atoms. The summed E-state index contributed by atoms with van der Waals surface area (Å²) < 4.78 is 16.4. The molecule has 0 aliphatic heterocycles. The fraction of sp³-hybridized carbons (Fsp3) is 0.559. The third-order valence-corrected chi connectivity index (χ3v) is 7.09. The summed E-state index contributed by atoms with van der Waals surface area (Å²) in [5, 5.41) is 0. The normalized spacial score (nSPS) is 11.5. The van der Waals surface area contributed by atoms with Crippen LogP contribution in [0.1, 0.15) is 116 Å². The van der Waals surface area contributed by atoms with Gasteiger partial charge in [-0.15, -0.1) is 0 Å². The third-order valence-electron chi connectivity index (χ3n) is 7.09. The van der Waals surface area contributed by atoms with Crippen molar-refractivity contribution in [2.45, 2.75) is 122 Å². The van der Waals surface area contributed by atoms with Crippen LogP contribution in [0.4, 0.5) is 11.4 Å². The number of nitrogen functional groups attached to an aromatic ring is 2. The van der Waals surface area contributed by atoms with Crippen LogP contribution in [0, 0.1) is 0 Å². The fourth-order valence-electron chi connectivity index (χ4n) is 4.65. The van der Waals surface area contributed by atoms with E-state index in [2.05, 4.69) is 6.92 Å². The van der Waals surface area contributed by atoms with Crippen LogP contribution < -0.4 is 20.9 Å². The first-order valence-corrected chi connectivity index (χ1v) is 15.7. The molecule has 0 aliphatic carbocycles. The molecule has 0 aliphatic rings. The van der Waals surface area contributed by atoms with Crippen LogP contribution in [0.3, 0.4) is 0 Å². The average Bonchev–Trinajstić information content (AvgIpc) is 2.97. The Morgan fingerprint density at radius 1 is 0.548 bits per heavy atom. The monoisotopic (exact) mass is 582 g/mol. The minimum Gasteiger partial charge on any atom is -0.462 e. The highest BCUT2D eigenvalue weighted by Crippen LogP contribution is 2.19. The molecule has 0 radical (unpaired) electrons. The standard InChI is InChI=1S/C34H50N2O6/c1-2-3-4-11-14-29(40-33(38)25-26-34(39)42-31-23-19-28(36)20-24-31)15-12-9-7-5-6-8-10-13-16-32(37)41-30-21-17-27(35)18-22-30/h17-24,29H,2-16,25-26,35-36H2,1H3/t29-/m1/s1. The number of carbonyl (C=O) groups excluding carboxylic acids is 3. The summed E-state index contributed by atoms with van der Waals surface area (Å²) in [6.07, 6.45) is 15.1. The topological polar surface area (TPSA) is 131 Å². The first kappa shape index (κ1) is 34.7. The van der Waals surface area contributed by atoms with Gasteiger partial charge in [-0.25, -0.2) is 0 Å². The molecule has 8 heteroatoms. The Hall–Kier alpha value is -3.55. The van der Waals surface area contributed by atoms with Crippen molar-refractivity contribution in [3.63, 3.8) is 0 Å². The summed E-state index contributed by atoms with van der Waals surface area (Å²) in [4.78, 5) is 36.5. The van der Waals surface area contributed by atoms with Gasteiger partial charge in [0.05, 0.1) is 12.8 Å². The Balaban J connectivity index is 1.55. The molecule has 0 aromatic heterocycles. The second kappa shape index (κ2) is 21.2. The minimum absolute atomic E-state index is 0.0123. The molecule has 0 heterocycles. The number of rotatable bonds is 22. The van der Waals surface area contributed by atoms with Gasteiger partial charge in [0.25, 0.3) is 0 Å². The highest BCUT2D eigenvalue weighted by atomic mass is 16.5. The first-order chi connectivity index (χ1) is 20.4. The van der Waals surface area contributed by atoms with Crippen molar-refractivity contribution < 1.29 is 28.6 Å². The van der Waals surface area contributed by atoms with Gasteiger partial charge in [0.1, 0.15) is 17.6 Å². The predicted molar refractivity (Wildman–Crippen MR) is 167 cm³/mol. The summed E-state index contributed by atoms with van der Waals surface area (Å²) >= 11 is 0. The molecule has 0 saturated carbocycles. The van der Waals surface area contributed by atoms with E-state index in [0.717, 1.165) is 83.5 Å². The molecule has 2 aromatic carbocycles. The molecule has 0 fully saturated rings. The second-order valence-electron chi connectivity index (χ2n) is 10.9. The van der Waals surface area contributed by atoms with Crippen LogP contribution in [0.25, 0.3) is 0 Å². The van der Waals surface area contributed by atoms with Gasteiger partial charge in [0, 0.05) is 17.8 Å². The highest BCUT2D eigenvalue weighted by Gasteiger charge is 2.16. The average molecular weight is 583 g/mol. The maximum atomic E-state index is 12.5. The quantitative estimate of drug-likeness (QED) is 0.0619. The van der Waals surface area contributed by atoms with Crippen LogP contribution in [-0.2, 0) is 19.1 Å². The van der Waals surface area contributed by atoms with E-state index >= 15 is 0 Å². The van der Waals surface area contributed by atoms with Crippen molar-refractivity contribution in [1.82, 2.24) is 0 Å². The van der Waals surface area contributed by atoms with Gasteiger partial charge in [0.15, 0.2) is 0 Å². The Labute approximate surface area is 251 Å². The third kappa shape index (κ3) is 16.7. The molecule has 42 heavy (non-hydrogen) atoms. The number of hydrogen-bond donors (Lipinski definition) is 2. The largest absolute Gasteiger partial charge is 0.462 e. The first-order valence-electron chi connectivity index (χ1n) is 15.7. The summed E-state index contributed by atoms with van der Waals surface area (Å²) in [5.41, 5.74) is 12.5. The maximum Gasteiger partial charge on any atom is 0.311 e. The fourth-order valence-corrected chi connectivity index (χ4v) is 4.65. The number of esters is 3. The summed E-state index contributed by atoms with van der Waals surface area (Å²) in [7, 11) is 0. The maximum absolute atomic E-state index is 12.5. The lowest BCUT2D eigenvalue weighted by Gasteiger charge is -2.18. The Morgan fingerprint density at radius 3 is 1.45 bits per heavy atom. The van der Waals surface area contributed by atoms with Crippen LogP contribution in [0.5, 0.6) is 11.5 Å². The lowest BCUT2D eigenvalue weighted by molar-refractivity contribution is -0.152. The van der Waals surface area contributed by atoms with E-state index in [4.69, 9.17) is 25.7 Å². The molecule has 232 valence electrons. The van der Waals surface area contributed by atoms with Crippen molar-refractivity contribution in [1.29, 1.82) is 0 Å². The lowest BCUT2D eigenvalue weighted by Crippen LogP contribution is -2.20. The molecule has 2 aromatic rings. The molecule has 0 bridgehead atoms. The number of carbonyl (C=O) groups is 3. The lowest BCUT2D eigenvalue weighted by atomic mass is 10.0. The van der Waals surface area contributed by atoms with Crippen LogP contribution in [0.15, 0.2) is 48.5 Å². The SMILES string of the molecule is CCCCCC[C@H](CCCCCCCCCCC(=O)Oc1ccc(N)cc1)OC(=O)CCC(=O)Oc1ccc(N)cc1. The van der Waals surface area contributed by atoms with E-state index in [9.17, 15) is 14.4 Å². The Bertz CT molecular complexity index is 1040. The molecule has 8 nitrogen and oxygen atoms in total. The highest BCUT2D eigenvalue weighted by molar-refractivity contribution is 5.79. The number of benzene rings is 2. The zero-order valence-electron chi connectivity index (χ0n) is 25.3. The van der Waals surface area contributed by atoms with Gasteiger partial charge in [-0.1, -0.05) is 64.7 Å². The summed E-state index contributed by atoms with van der Waals surface area (Å²) in [5.74, 6) is -0.0759. The smallest absolute Gasteiger partial charge is 0.311 e. The van der Waals surface area contributed by atoms with Crippen molar-refractivity contribution in [2.75, 3.05) is 11.5 Å². The van der Waals surface area contributed by atoms with Gasteiger partial charge >= 0.3 is 17.9 Å². The van der Waals surface area contributed by atoms with Crippen molar-refractivity contribution in [3.05, 3.63) is 48.5 Å². The summed E-state index contributed by atoms with van der Waals surface area (Å²) in [6.45, 7) is 2.18. The second-order valence-corrected chi connectivity index (χ2v) is 10.9. The molecule has 0 amide bonds.